The highest BCUT2D eigenvalue weighted by Gasteiger charge is 2.32. The molecule has 4 rings (SSSR count). The molecular formula is C24H25F3N4O4. The number of ether oxygens (including phenoxy) is 1. The van der Waals surface area contributed by atoms with Gasteiger partial charge in [-0.05, 0) is 23.3 Å². The van der Waals surface area contributed by atoms with Gasteiger partial charge in [-0.25, -0.2) is 0 Å². The van der Waals surface area contributed by atoms with Gasteiger partial charge in [-0.2, -0.15) is 13.2 Å². The van der Waals surface area contributed by atoms with Crippen LogP contribution in [-0.4, -0.2) is 60.1 Å². The molecular weight excluding hydrogens is 465 g/mol. The SMILES string of the molecule is O=C(C[C@@H](c1cccc(C(F)(F)F)c1)c1c[nH]c2ccc([N+](=O)[O-])cc12)NCCN1CCOCC1. The summed E-state index contributed by atoms with van der Waals surface area (Å²) in [6.45, 7) is 3.86. The molecule has 0 bridgehead atoms. The number of nitro groups is 1. The van der Waals surface area contributed by atoms with Gasteiger partial charge in [-0.1, -0.05) is 18.2 Å². The number of fused-ring (bicyclic) bond motifs is 1. The van der Waals surface area contributed by atoms with Crippen LogP contribution in [0.15, 0.2) is 48.7 Å². The zero-order valence-corrected chi connectivity index (χ0v) is 18.8. The Morgan fingerprint density at radius 2 is 1.97 bits per heavy atom. The van der Waals surface area contributed by atoms with Gasteiger partial charge in [0.05, 0.1) is 23.7 Å². The van der Waals surface area contributed by atoms with Gasteiger partial charge in [0.15, 0.2) is 0 Å². The van der Waals surface area contributed by atoms with Crippen LogP contribution in [0.4, 0.5) is 18.9 Å². The molecule has 11 heteroatoms. The van der Waals surface area contributed by atoms with E-state index in [4.69, 9.17) is 4.74 Å². The second-order valence-corrected chi connectivity index (χ2v) is 8.41. The number of benzene rings is 2. The molecule has 1 fully saturated rings. The van der Waals surface area contributed by atoms with Crippen LogP contribution in [0.2, 0.25) is 0 Å². The third-order valence-electron chi connectivity index (χ3n) is 6.14. The number of aromatic nitrogens is 1. The molecule has 1 amide bonds. The number of H-pyrrole nitrogens is 1. The second kappa shape index (κ2) is 10.4. The van der Waals surface area contributed by atoms with E-state index in [0.717, 1.165) is 25.2 Å². The fraction of sp³-hybridized carbons (Fsp3) is 0.375. The number of carbonyl (C=O) groups is 1. The minimum Gasteiger partial charge on any atom is -0.379 e. The first-order valence-corrected chi connectivity index (χ1v) is 11.2. The Balaban J connectivity index is 1.62. The standard InChI is InChI=1S/C24H25F3N4O4/c25-24(26,27)17-3-1-2-16(12-17)19(14-23(32)28-6-7-30-8-10-35-11-9-30)21-15-29-22-5-4-18(31(33)34)13-20(21)22/h1-5,12-13,15,19,29H,6-11,14H2,(H,28,32)/t19-/m0/s1. The van der Waals surface area contributed by atoms with Crippen molar-refractivity contribution in [2.75, 3.05) is 39.4 Å². The summed E-state index contributed by atoms with van der Waals surface area (Å²) in [6, 6.07) is 9.11. The zero-order valence-electron chi connectivity index (χ0n) is 18.8. The van der Waals surface area contributed by atoms with Crippen LogP contribution < -0.4 is 5.32 Å². The van der Waals surface area contributed by atoms with Crippen molar-refractivity contribution >= 4 is 22.5 Å². The monoisotopic (exact) mass is 490 g/mol. The number of hydrogen-bond acceptors (Lipinski definition) is 5. The van der Waals surface area contributed by atoms with Crippen LogP contribution in [0.3, 0.4) is 0 Å². The number of carbonyl (C=O) groups excluding carboxylic acids is 1. The number of nitrogens with one attached hydrogen (secondary N) is 2. The Hall–Kier alpha value is -3.44. The van der Waals surface area contributed by atoms with Crippen molar-refractivity contribution in [3.05, 3.63) is 75.5 Å². The fourth-order valence-electron chi connectivity index (χ4n) is 4.31. The van der Waals surface area contributed by atoms with Gasteiger partial charge in [0.2, 0.25) is 5.91 Å². The van der Waals surface area contributed by atoms with Gasteiger partial charge < -0.3 is 15.0 Å². The van der Waals surface area contributed by atoms with Crippen LogP contribution in [0.25, 0.3) is 10.9 Å². The average Bonchev–Trinajstić information content (AvgIpc) is 3.26. The lowest BCUT2D eigenvalue weighted by Gasteiger charge is -2.26. The normalized spacial score (nSPS) is 15.7. The summed E-state index contributed by atoms with van der Waals surface area (Å²) >= 11 is 0. The van der Waals surface area contributed by atoms with Crippen molar-refractivity contribution < 1.29 is 27.6 Å². The van der Waals surface area contributed by atoms with Crippen LogP contribution in [0, 0.1) is 10.1 Å². The molecule has 2 aromatic carbocycles. The van der Waals surface area contributed by atoms with E-state index >= 15 is 0 Å². The number of amides is 1. The predicted octanol–water partition coefficient (Wildman–Crippen LogP) is 4.07. The van der Waals surface area contributed by atoms with Gasteiger partial charge in [0, 0.05) is 67.8 Å². The van der Waals surface area contributed by atoms with Gasteiger partial charge in [0.25, 0.3) is 5.69 Å². The summed E-state index contributed by atoms with van der Waals surface area (Å²) in [7, 11) is 0. The lowest BCUT2D eigenvalue weighted by molar-refractivity contribution is -0.384. The highest BCUT2D eigenvalue weighted by Crippen LogP contribution is 2.37. The molecule has 35 heavy (non-hydrogen) atoms. The first-order valence-electron chi connectivity index (χ1n) is 11.2. The fourth-order valence-corrected chi connectivity index (χ4v) is 4.31. The van der Waals surface area contributed by atoms with E-state index in [1.165, 1.54) is 24.3 Å². The molecule has 1 saturated heterocycles. The third-order valence-corrected chi connectivity index (χ3v) is 6.14. The van der Waals surface area contributed by atoms with Gasteiger partial charge in [-0.3, -0.25) is 19.8 Å². The number of halogens is 3. The molecule has 0 saturated carbocycles. The highest BCUT2D eigenvalue weighted by atomic mass is 19.4. The Kier molecular flexibility index (Phi) is 7.37. The summed E-state index contributed by atoms with van der Waals surface area (Å²) in [4.78, 5) is 28.8. The van der Waals surface area contributed by atoms with Crippen molar-refractivity contribution in [2.45, 2.75) is 18.5 Å². The van der Waals surface area contributed by atoms with Gasteiger partial charge in [-0.15, -0.1) is 0 Å². The number of aromatic amines is 1. The van der Waals surface area contributed by atoms with E-state index in [9.17, 15) is 28.1 Å². The first-order chi connectivity index (χ1) is 16.7. The molecule has 1 aliphatic rings. The van der Waals surface area contributed by atoms with Gasteiger partial charge in [0.1, 0.15) is 0 Å². The Labute approximate surface area is 199 Å². The highest BCUT2D eigenvalue weighted by molar-refractivity contribution is 5.87. The van der Waals surface area contributed by atoms with E-state index in [1.54, 1.807) is 12.3 Å². The van der Waals surface area contributed by atoms with Gasteiger partial charge >= 0.3 is 6.18 Å². The smallest absolute Gasteiger partial charge is 0.379 e. The molecule has 1 atom stereocenters. The number of non-ortho nitro benzene ring substituents is 1. The van der Waals surface area contributed by atoms with E-state index in [1.807, 2.05) is 0 Å². The largest absolute Gasteiger partial charge is 0.416 e. The molecule has 2 heterocycles. The Morgan fingerprint density at radius 3 is 2.69 bits per heavy atom. The quantitative estimate of drug-likeness (QED) is 0.366. The number of morpholine rings is 1. The van der Waals surface area contributed by atoms with Crippen molar-refractivity contribution in [1.29, 1.82) is 0 Å². The van der Waals surface area contributed by atoms with Crippen LogP contribution in [0.5, 0.6) is 0 Å². The van der Waals surface area contributed by atoms with E-state index in [0.29, 0.717) is 48.3 Å². The van der Waals surface area contributed by atoms with Crippen molar-refractivity contribution in [3.63, 3.8) is 0 Å². The molecule has 186 valence electrons. The molecule has 2 N–H and O–H groups in total. The molecule has 0 radical (unpaired) electrons. The van der Waals surface area contributed by atoms with Crippen molar-refractivity contribution in [3.8, 4) is 0 Å². The van der Waals surface area contributed by atoms with Crippen molar-refractivity contribution in [1.82, 2.24) is 15.2 Å². The maximum atomic E-state index is 13.4. The van der Waals surface area contributed by atoms with E-state index in [-0.39, 0.29) is 18.0 Å². The third kappa shape index (κ3) is 5.98. The number of hydrogen-bond donors (Lipinski definition) is 2. The molecule has 3 aromatic rings. The zero-order chi connectivity index (χ0) is 25.0. The number of nitro benzene ring substituents is 1. The molecule has 1 aromatic heterocycles. The molecule has 8 nitrogen and oxygen atoms in total. The van der Waals surface area contributed by atoms with Crippen molar-refractivity contribution in [2.24, 2.45) is 0 Å². The number of rotatable bonds is 8. The molecule has 0 aliphatic carbocycles. The Bertz CT molecular complexity index is 1200. The summed E-state index contributed by atoms with van der Waals surface area (Å²) in [5.41, 5.74) is 0.451. The van der Waals surface area contributed by atoms with E-state index < -0.39 is 22.6 Å². The average molecular weight is 490 g/mol. The molecule has 0 spiro atoms. The lowest BCUT2D eigenvalue weighted by Crippen LogP contribution is -2.41. The maximum Gasteiger partial charge on any atom is 0.416 e. The Morgan fingerprint density at radius 1 is 1.20 bits per heavy atom. The summed E-state index contributed by atoms with van der Waals surface area (Å²) in [6.07, 6.45) is -3.06. The number of alkyl halides is 3. The minimum absolute atomic E-state index is 0.111. The first kappa shape index (κ1) is 24.7. The van der Waals surface area contributed by atoms with Crippen LogP contribution >= 0.6 is 0 Å². The summed E-state index contributed by atoms with van der Waals surface area (Å²) in [5.74, 6) is -1.06. The van der Waals surface area contributed by atoms with Crippen LogP contribution in [-0.2, 0) is 15.7 Å². The van der Waals surface area contributed by atoms with E-state index in [2.05, 4.69) is 15.2 Å². The maximum absolute atomic E-state index is 13.4. The number of nitrogens with zero attached hydrogens (tertiary/aromatic N) is 2. The second-order valence-electron chi connectivity index (χ2n) is 8.41. The lowest BCUT2D eigenvalue weighted by atomic mass is 9.87. The summed E-state index contributed by atoms with van der Waals surface area (Å²) in [5, 5.41) is 14.6. The predicted molar refractivity (Wildman–Crippen MR) is 123 cm³/mol. The summed E-state index contributed by atoms with van der Waals surface area (Å²) < 4.78 is 45.5. The van der Waals surface area contributed by atoms with Crippen LogP contribution in [0.1, 0.15) is 29.0 Å². The molecule has 0 unspecified atom stereocenters. The molecule has 1 aliphatic heterocycles. The minimum atomic E-state index is -4.54. The topological polar surface area (TPSA) is 100 Å².